The number of thioether (sulfide) groups is 1. The molecule has 2 heteroatoms. The van der Waals surface area contributed by atoms with Gasteiger partial charge in [-0.05, 0) is 11.8 Å². The zero-order valence-corrected chi connectivity index (χ0v) is 6.11. The number of hydrogen-bond acceptors (Lipinski definition) is 2. The average molecular weight is 138 g/mol. The van der Waals surface area contributed by atoms with E-state index in [9.17, 15) is 0 Å². The third-order valence-electron chi connectivity index (χ3n) is 0.881. The van der Waals surface area contributed by atoms with Crippen molar-refractivity contribution in [3.05, 3.63) is 24.4 Å². The molecule has 0 unspecified atom stereocenters. The van der Waals surface area contributed by atoms with Gasteiger partial charge in [-0.3, -0.25) is 0 Å². The molecule has 0 aliphatic rings. The highest BCUT2D eigenvalue weighted by molar-refractivity contribution is 7.99. The van der Waals surface area contributed by atoms with E-state index < -0.39 is 0 Å². The Morgan fingerprint density at radius 1 is 1.78 bits per heavy atom. The molecule has 0 bridgehead atoms. The third kappa shape index (κ3) is 2.06. The maximum Gasteiger partial charge on any atom is 0.0960 e. The van der Waals surface area contributed by atoms with Crippen LogP contribution >= 0.6 is 11.8 Å². The average Bonchev–Trinajstić information content (AvgIpc) is 1.91. The molecule has 1 heterocycles. The van der Waals surface area contributed by atoms with Gasteiger partial charge in [-0.1, -0.05) is 13.0 Å². The van der Waals surface area contributed by atoms with E-state index in [1.54, 1.807) is 18.0 Å². The van der Waals surface area contributed by atoms with Crippen LogP contribution in [-0.2, 0) is 0 Å². The van der Waals surface area contributed by atoms with Crippen LogP contribution in [0.4, 0.5) is 0 Å². The van der Waals surface area contributed by atoms with Gasteiger partial charge in [-0.15, -0.1) is 11.8 Å². The molecule has 1 aromatic rings. The van der Waals surface area contributed by atoms with E-state index in [-0.39, 0.29) is 0 Å². The molecule has 0 saturated heterocycles. The molecule has 0 saturated carbocycles. The smallest absolute Gasteiger partial charge is 0.0960 e. The van der Waals surface area contributed by atoms with E-state index in [0.29, 0.717) is 0 Å². The number of pyridine rings is 1. The normalized spacial score (nSPS) is 9.44. The van der Waals surface area contributed by atoms with Crippen LogP contribution in [0.15, 0.2) is 23.4 Å². The number of hydrogen-bond donors (Lipinski definition) is 0. The third-order valence-corrected chi connectivity index (χ3v) is 1.71. The van der Waals surface area contributed by atoms with Gasteiger partial charge in [0.05, 0.1) is 5.03 Å². The van der Waals surface area contributed by atoms with Crippen molar-refractivity contribution in [1.82, 2.24) is 4.98 Å². The molecule has 47 valence electrons. The molecule has 0 aliphatic heterocycles. The van der Waals surface area contributed by atoms with Crippen LogP contribution in [0.2, 0.25) is 0 Å². The summed E-state index contributed by atoms with van der Waals surface area (Å²) in [7, 11) is 0. The van der Waals surface area contributed by atoms with Crippen molar-refractivity contribution in [3.63, 3.8) is 0 Å². The predicted molar refractivity (Wildman–Crippen MR) is 39.5 cm³/mol. The Labute approximate surface area is 59.5 Å². The Balaban J connectivity index is 2.61. The van der Waals surface area contributed by atoms with Crippen molar-refractivity contribution in [2.45, 2.75) is 11.9 Å². The predicted octanol–water partition coefficient (Wildman–Crippen LogP) is 1.99. The van der Waals surface area contributed by atoms with Crippen molar-refractivity contribution in [2.75, 3.05) is 5.75 Å². The van der Waals surface area contributed by atoms with Crippen molar-refractivity contribution < 1.29 is 0 Å². The summed E-state index contributed by atoms with van der Waals surface area (Å²) in [5, 5.41) is 1.08. The van der Waals surface area contributed by atoms with Crippen LogP contribution in [0.3, 0.4) is 0 Å². The van der Waals surface area contributed by atoms with Crippen molar-refractivity contribution in [1.29, 1.82) is 0 Å². The second-order valence-electron chi connectivity index (χ2n) is 1.53. The number of nitrogens with zero attached hydrogens (tertiary/aromatic N) is 1. The summed E-state index contributed by atoms with van der Waals surface area (Å²) in [5.74, 6) is 1.08. The minimum absolute atomic E-state index is 1.08. The summed E-state index contributed by atoms with van der Waals surface area (Å²) in [6.07, 6.45) is 1.69. The first-order chi connectivity index (χ1) is 4.43. The van der Waals surface area contributed by atoms with Gasteiger partial charge in [0.1, 0.15) is 0 Å². The molecule has 0 N–H and O–H groups in total. The molecular formula is C7H8NS. The van der Waals surface area contributed by atoms with E-state index in [1.807, 2.05) is 12.1 Å². The van der Waals surface area contributed by atoms with Crippen molar-refractivity contribution in [3.8, 4) is 0 Å². The molecular weight excluding hydrogens is 130 g/mol. The minimum atomic E-state index is 1.08. The lowest BCUT2D eigenvalue weighted by atomic mass is 10.5. The molecule has 0 aromatic carbocycles. The van der Waals surface area contributed by atoms with Gasteiger partial charge in [0.2, 0.25) is 0 Å². The summed E-state index contributed by atoms with van der Waals surface area (Å²) < 4.78 is 0. The summed E-state index contributed by atoms with van der Waals surface area (Å²) >= 11 is 1.74. The van der Waals surface area contributed by atoms with Gasteiger partial charge in [-0.2, -0.15) is 0 Å². The van der Waals surface area contributed by atoms with Gasteiger partial charge in [0.15, 0.2) is 0 Å². The SMILES string of the molecule is CCSc1cc[c]cn1. The summed E-state index contributed by atoms with van der Waals surface area (Å²) in [6.45, 7) is 2.11. The van der Waals surface area contributed by atoms with Crippen LogP contribution in [-0.4, -0.2) is 10.7 Å². The van der Waals surface area contributed by atoms with Gasteiger partial charge in [-0.25, -0.2) is 4.98 Å². The lowest BCUT2D eigenvalue weighted by Gasteiger charge is -1.92. The molecule has 0 spiro atoms. The Morgan fingerprint density at radius 3 is 3.22 bits per heavy atom. The van der Waals surface area contributed by atoms with Gasteiger partial charge >= 0.3 is 0 Å². The number of rotatable bonds is 2. The highest BCUT2D eigenvalue weighted by Crippen LogP contribution is 2.11. The summed E-state index contributed by atoms with van der Waals surface area (Å²) in [6, 6.07) is 6.71. The Kier molecular flexibility index (Phi) is 2.58. The molecule has 1 aromatic heterocycles. The van der Waals surface area contributed by atoms with Crippen molar-refractivity contribution in [2.24, 2.45) is 0 Å². The topological polar surface area (TPSA) is 12.9 Å². The lowest BCUT2D eigenvalue weighted by molar-refractivity contribution is 1.13. The monoisotopic (exact) mass is 138 g/mol. The Morgan fingerprint density at radius 2 is 2.67 bits per heavy atom. The molecule has 1 rings (SSSR count). The molecule has 0 atom stereocenters. The van der Waals surface area contributed by atoms with Gasteiger partial charge in [0, 0.05) is 12.3 Å². The van der Waals surface area contributed by atoms with E-state index in [1.165, 1.54) is 0 Å². The highest BCUT2D eigenvalue weighted by Gasteiger charge is 1.86. The van der Waals surface area contributed by atoms with Gasteiger partial charge < -0.3 is 0 Å². The van der Waals surface area contributed by atoms with Crippen LogP contribution in [0, 0.1) is 6.07 Å². The second-order valence-corrected chi connectivity index (χ2v) is 2.81. The van der Waals surface area contributed by atoms with E-state index in [2.05, 4.69) is 18.0 Å². The van der Waals surface area contributed by atoms with E-state index in [4.69, 9.17) is 0 Å². The summed E-state index contributed by atoms with van der Waals surface area (Å²) in [4.78, 5) is 4.08. The molecule has 0 aliphatic carbocycles. The molecule has 9 heavy (non-hydrogen) atoms. The zero-order chi connectivity index (χ0) is 6.53. The largest absolute Gasteiger partial charge is 0.249 e. The first kappa shape index (κ1) is 6.62. The lowest BCUT2D eigenvalue weighted by Crippen LogP contribution is -1.76. The van der Waals surface area contributed by atoms with Crippen molar-refractivity contribution >= 4 is 11.8 Å². The maximum atomic E-state index is 4.08. The molecule has 1 radical (unpaired) electrons. The maximum absolute atomic E-state index is 4.08. The summed E-state index contributed by atoms with van der Waals surface area (Å²) in [5.41, 5.74) is 0. The first-order valence-corrected chi connectivity index (χ1v) is 3.87. The Bertz CT molecular complexity index is 162. The zero-order valence-electron chi connectivity index (χ0n) is 5.29. The van der Waals surface area contributed by atoms with E-state index in [0.717, 1.165) is 10.8 Å². The molecule has 1 nitrogen and oxygen atoms in total. The fourth-order valence-electron chi connectivity index (χ4n) is 0.540. The number of aromatic nitrogens is 1. The molecule has 0 fully saturated rings. The second kappa shape index (κ2) is 3.51. The van der Waals surface area contributed by atoms with Crippen LogP contribution in [0.1, 0.15) is 6.92 Å². The van der Waals surface area contributed by atoms with Gasteiger partial charge in [0.25, 0.3) is 0 Å². The first-order valence-electron chi connectivity index (χ1n) is 2.88. The fraction of sp³-hybridized carbons (Fsp3) is 0.286. The Hall–Kier alpha value is -0.500. The highest BCUT2D eigenvalue weighted by atomic mass is 32.2. The van der Waals surface area contributed by atoms with Crippen LogP contribution < -0.4 is 0 Å². The minimum Gasteiger partial charge on any atom is -0.249 e. The van der Waals surface area contributed by atoms with Crippen LogP contribution in [0.5, 0.6) is 0 Å². The van der Waals surface area contributed by atoms with E-state index >= 15 is 0 Å². The quantitative estimate of drug-likeness (QED) is 0.580. The van der Waals surface area contributed by atoms with Crippen LogP contribution in [0.25, 0.3) is 0 Å². The molecule has 0 amide bonds. The fourth-order valence-corrected chi connectivity index (χ4v) is 1.13. The standard InChI is InChI=1S/C7H8NS/c1-2-9-7-5-3-4-6-8-7/h3,5-6H,2H2,1H3.